The molecule has 1 aromatic carbocycles. The molecular formula is C29H34F6N6O5. The quantitative estimate of drug-likeness (QED) is 0.397. The number of carbonyl (C=O) groups excluding carboxylic acids is 1. The monoisotopic (exact) mass is 660 g/mol. The largest absolute Gasteiger partial charge is 0.490 e. The molecule has 46 heavy (non-hydrogen) atoms. The average molecular weight is 661 g/mol. The maximum Gasteiger partial charge on any atom is 0.490 e. The van der Waals surface area contributed by atoms with Crippen molar-refractivity contribution in [1.29, 1.82) is 0 Å². The van der Waals surface area contributed by atoms with Gasteiger partial charge in [-0.25, -0.2) is 19.6 Å². The third-order valence-electron chi connectivity index (χ3n) is 7.41. The number of halogens is 6. The molecule has 0 radical (unpaired) electrons. The Morgan fingerprint density at radius 1 is 0.826 bits per heavy atom. The summed E-state index contributed by atoms with van der Waals surface area (Å²) in [6.45, 7) is 6.61. The number of carboxylic acid groups (broad SMARTS) is 2. The first-order valence-electron chi connectivity index (χ1n) is 14.2. The number of aliphatic carboxylic acids is 2. The maximum absolute atomic E-state index is 13.2. The van der Waals surface area contributed by atoms with Crippen molar-refractivity contribution < 1.29 is 50.9 Å². The molecule has 2 fully saturated rings. The van der Waals surface area contributed by atoms with E-state index >= 15 is 0 Å². The lowest BCUT2D eigenvalue weighted by atomic mass is 9.93. The number of rotatable bonds is 4. The molecule has 2 N–H and O–H groups in total. The first-order valence-corrected chi connectivity index (χ1v) is 14.2. The Hall–Kier alpha value is -4.25. The minimum Gasteiger partial charge on any atom is -0.475 e. The zero-order chi connectivity index (χ0) is 34.1. The molecule has 2 aromatic heterocycles. The Bertz CT molecular complexity index is 1430. The van der Waals surface area contributed by atoms with Crippen LogP contribution in [0.1, 0.15) is 46.9 Å². The van der Waals surface area contributed by atoms with Crippen LogP contribution in [0, 0.1) is 0 Å². The fourth-order valence-corrected chi connectivity index (χ4v) is 5.03. The third-order valence-corrected chi connectivity index (χ3v) is 7.41. The standard InChI is InChI=1S/C25H32N6O.2C2HF3O2/c1-28-12-5-13-30(17-16-28)25(32)23-24-26-11-8-22(31(24)19-27-23)21-9-14-29(15-10-21)18-20-6-3-2-4-7-20;2*3-2(4,5)1(6)7/h2-4,6-8,11,19,21H,5,9-10,12-18H2,1H3;2*(H,6,7). The van der Waals surface area contributed by atoms with E-state index in [4.69, 9.17) is 19.8 Å². The van der Waals surface area contributed by atoms with E-state index < -0.39 is 24.3 Å². The second-order valence-electron chi connectivity index (χ2n) is 10.7. The predicted molar refractivity (Wildman–Crippen MR) is 152 cm³/mol. The smallest absolute Gasteiger partial charge is 0.475 e. The van der Waals surface area contributed by atoms with E-state index in [2.05, 4.69) is 67.6 Å². The molecule has 11 nitrogen and oxygen atoms in total. The predicted octanol–water partition coefficient (Wildman–Crippen LogP) is 4.15. The number of benzene rings is 1. The van der Waals surface area contributed by atoms with Crippen molar-refractivity contribution >= 4 is 23.5 Å². The van der Waals surface area contributed by atoms with Crippen molar-refractivity contribution in [2.24, 2.45) is 0 Å². The van der Waals surface area contributed by atoms with Crippen molar-refractivity contribution in [1.82, 2.24) is 29.1 Å². The molecule has 2 saturated heterocycles. The van der Waals surface area contributed by atoms with Gasteiger partial charge >= 0.3 is 24.3 Å². The number of likely N-dealkylation sites (tertiary alicyclic amines) is 1. The zero-order valence-electron chi connectivity index (χ0n) is 24.8. The fraction of sp³-hybridized carbons (Fsp3) is 0.483. The van der Waals surface area contributed by atoms with Gasteiger partial charge in [0.25, 0.3) is 5.91 Å². The molecule has 1 amide bonds. The summed E-state index contributed by atoms with van der Waals surface area (Å²) >= 11 is 0. The molecule has 0 unspecified atom stereocenters. The summed E-state index contributed by atoms with van der Waals surface area (Å²) in [5.74, 6) is -5.05. The SMILES string of the molecule is CN1CCCN(C(=O)c2ncn3c(C4CCN(Cc5ccccc5)CC4)ccnc23)CC1.O=C(O)C(F)(F)F.O=C(O)C(F)(F)F. The number of carbonyl (C=O) groups is 3. The normalized spacial score (nSPS) is 16.9. The average Bonchev–Trinajstić information content (AvgIpc) is 3.31. The van der Waals surface area contributed by atoms with Crippen molar-refractivity contribution in [3.05, 3.63) is 65.9 Å². The maximum atomic E-state index is 13.2. The van der Waals surface area contributed by atoms with Gasteiger partial charge in [0.15, 0.2) is 11.3 Å². The van der Waals surface area contributed by atoms with Gasteiger partial charge in [-0.3, -0.25) is 14.1 Å². The third kappa shape index (κ3) is 10.4. The number of likely N-dealkylation sites (N-methyl/N-ethyl adjacent to an activating group) is 1. The van der Waals surface area contributed by atoms with Gasteiger partial charge in [-0.15, -0.1) is 0 Å². The molecule has 0 spiro atoms. The first-order chi connectivity index (χ1) is 21.6. The van der Waals surface area contributed by atoms with Gasteiger partial charge in [0, 0.05) is 44.0 Å². The number of imidazole rings is 1. The van der Waals surface area contributed by atoms with E-state index in [1.165, 1.54) is 11.3 Å². The Kier molecular flexibility index (Phi) is 12.5. The molecular weight excluding hydrogens is 626 g/mol. The van der Waals surface area contributed by atoms with E-state index in [9.17, 15) is 31.1 Å². The summed E-state index contributed by atoms with van der Waals surface area (Å²) < 4.78 is 65.5. The summed E-state index contributed by atoms with van der Waals surface area (Å²) in [5, 5.41) is 14.2. The number of amides is 1. The van der Waals surface area contributed by atoms with Crippen LogP contribution < -0.4 is 0 Å². The van der Waals surface area contributed by atoms with Crippen LogP contribution in [0.2, 0.25) is 0 Å². The van der Waals surface area contributed by atoms with Crippen LogP contribution in [-0.4, -0.2) is 116 Å². The Morgan fingerprint density at radius 2 is 1.41 bits per heavy atom. The number of carboxylic acids is 2. The van der Waals surface area contributed by atoms with Crippen LogP contribution >= 0.6 is 0 Å². The molecule has 0 bridgehead atoms. The molecule has 5 rings (SSSR count). The van der Waals surface area contributed by atoms with Gasteiger partial charge in [-0.1, -0.05) is 30.3 Å². The lowest BCUT2D eigenvalue weighted by Gasteiger charge is -2.32. The molecule has 3 aromatic rings. The molecule has 252 valence electrons. The summed E-state index contributed by atoms with van der Waals surface area (Å²) in [6.07, 6.45) is -3.33. The highest BCUT2D eigenvalue weighted by Crippen LogP contribution is 2.29. The number of alkyl halides is 6. The van der Waals surface area contributed by atoms with Gasteiger partial charge in [-0.05, 0) is 57.6 Å². The Balaban J connectivity index is 0.000000345. The van der Waals surface area contributed by atoms with Crippen LogP contribution in [0.3, 0.4) is 0 Å². The molecule has 0 saturated carbocycles. The number of fused-ring (bicyclic) bond motifs is 1. The number of hydrogen-bond donors (Lipinski definition) is 2. The highest BCUT2D eigenvalue weighted by Gasteiger charge is 2.39. The highest BCUT2D eigenvalue weighted by atomic mass is 19.4. The van der Waals surface area contributed by atoms with Crippen molar-refractivity contribution in [3.8, 4) is 0 Å². The van der Waals surface area contributed by atoms with Crippen LogP contribution in [0.4, 0.5) is 26.3 Å². The molecule has 0 aliphatic carbocycles. The van der Waals surface area contributed by atoms with Gasteiger partial charge in [0.2, 0.25) is 0 Å². The minimum absolute atomic E-state index is 0.00475. The molecule has 2 aliphatic heterocycles. The Labute approximate surface area is 260 Å². The van der Waals surface area contributed by atoms with Crippen LogP contribution in [0.25, 0.3) is 5.65 Å². The topological polar surface area (TPSA) is 132 Å². The van der Waals surface area contributed by atoms with Gasteiger partial charge < -0.3 is 20.0 Å². The van der Waals surface area contributed by atoms with Crippen LogP contribution in [0.5, 0.6) is 0 Å². The molecule has 17 heteroatoms. The number of hydrogen-bond acceptors (Lipinski definition) is 7. The van der Waals surface area contributed by atoms with E-state index in [1.54, 1.807) is 6.33 Å². The van der Waals surface area contributed by atoms with Gasteiger partial charge in [0.1, 0.15) is 6.33 Å². The van der Waals surface area contributed by atoms with E-state index in [-0.39, 0.29) is 5.91 Å². The number of piperidine rings is 1. The lowest BCUT2D eigenvalue weighted by Crippen LogP contribution is -2.35. The first kappa shape index (κ1) is 36.2. The van der Waals surface area contributed by atoms with E-state index in [0.717, 1.165) is 65.1 Å². The number of aromatic nitrogens is 3. The summed E-state index contributed by atoms with van der Waals surface area (Å²) in [7, 11) is 2.11. The van der Waals surface area contributed by atoms with Crippen molar-refractivity contribution in [2.75, 3.05) is 46.3 Å². The van der Waals surface area contributed by atoms with Gasteiger partial charge in [-0.2, -0.15) is 26.3 Å². The second kappa shape index (κ2) is 15.8. The Morgan fingerprint density at radius 3 is 1.98 bits per heavy atom. The fourth-order valence-electron chi connectivity index (χ4n) is 5.03. The molecule has 0 atom stereocenters. The molecule has 4 heterocycles. The lowest BCUT2D eigenvalue weighted by molar-refractivity contribution is -0.193. The van der Waals surface area contributed by atoms with Gasteiger partial charge in [0.05, 0.1) is 0 Å². The van der Waals surface area contributed by atoms with Crippen LogP contribution in [0.15, 0.2) is 48.9 Å². The van der Waals surface area contributed by atoms with Crippen molar-refractivity contribution in [2.45, 2.75) is 44.1 Å². The summed E-state index contributed by atoms with van der Waals surface area (Å²) in [6, 6.07) is 12.8. The highest BCUT2D eigenvalue weighted by molar-refractivity contribution is 5.98. The van der Waals surface area contributed by atoms with Crippen molar-refractivity contribution in [3.63, 3.8) is 0 Å². The molecule has 2 aliphatic rings. The number of nitrogens with zero attached hydrogens (tertiary/aromatic N) is 6. The van der Waals surface area contributed by atoms with Crippen LogP contribution in [-0.2, 0) is 16.1 Å². The minimum atomic E-state index is -5.08. The van der Waals surface area contributed by atoms with E-state index in [0.29, 0.717) is 17.3 Å². The summed E-state index contributed by atoms with van der Waals surface area (Å²) in [5.41, 5.74) is 3.76. The zero-order valence-corrected chi connectivity index (χ0v) is 24.8. The second-order valence-corrected chi connectivity index (χ2v) is 10.7. The summed E-state index contributed by atoms with van der Waals surface area (Å²) in [4.78, 5) is 46.8. The van der Waals surface area contributed by atoms with E-state index in [1.807, 2.05) is 11.1 Å².